The number of hydrogen-bond acceptors (Lipinski definition) is 4. The fourth-order valence-corrected chi connectivity index (χ4v) is 3.83. The molecule has 0 saturated heterocycles. The molecule has 40 heavy (non-hydrogen) atoms. The van der Waals surface area contributed by atoms with Gasteiger partial charge in [-0.2, -0.15) is 0 Å². The summed E-state index contributed by atoms with van der Waals surface area (Å²) < 4.78 is 128. The summed E-state index contributed by atoms with van der Waals surface area (Å²) in [4.78, 5) is 22.3. The molecule has 208 valence electrons. The summed E-state index contributed by atoms with van der Waals surface area (Å²) in [6.45, 7) is 0. The van der Waals surface area contributed by atoms with Gasteiger partial charge in [0.2, 0.25) is 11.7 Å². The van der Waals surface area contributed by atoms with Crippen LogP contribution in [0.25, 0.3) is 0 Å². The van der Waals surface area contributed by atoms with E-state index < -0.39 is 87.3 Å². The molecule has 3 aromatic rings. The van der Waals surface area contributed by atoms with Crippen LogP contribution in [0.2, 0.25) is 0 Å². The highest BCUT2D eigenvalue weighted by Crippen LogP contribution is 2.51. The molecule has 0 aliphatic heterocycles. The highest BCUT2D eigenvalue weighted by molar-refractivity contribution is 5.88. The molecule has 0 fully saturated rings. The van der Waals surface area contributed by atoms with Crippen molar-refractivity contribution in [2.45, 2.75) is 11.7 Å². The Hall–Kier alpha value is -4.88. The summed E-state index contributed by atoms with van der Waals surface area (Å²) in [7, 11) is 0. The number of hydrogen-bond donors (Lipinski definition) is 2. The quantitative estimate of drug-likeness (QED) is 0.187. The van der Waals surface area contributed by atoms with Gasteiger partial charge < -0.3 is 19.7 Å². The molecule has 1 aliphatic carbocycles. The number of carboxylic acid groups (broad SMARTS) is 2. The third-order valence-corrected chi connectivity index (χ3v) is 5.76. The minimum atomic E-state index is -3.78. The molecule has 14 heteroatoms. The van der Waals surface area contributed by atoms with E-state index in [1.807, 2.05) is 0 Å². The first-order valence-electron chi connectivity index (χ1n) is 10.8. The normalized spacial score (nSPS) is 19.1. The molecule has 0 amide bonds. The first-order chi connectivity index (χ1) is 18.8. The Bertz CT molecular complexity index is 1580. The molecule has 6 nitrogen and oxygen atoms in total. The lowest BCUT2D eigenvalue weighted by molar-refractivity contribution is -0.0358. The van der Waals surface area contributed by atoms with Crippen molar-refractivity contribution in [3.63, 3.8) is 0 Å². The van der Waals surface area contributed by atoms with E-state index in [0.29, 0.717) is 0 Å². The largest absolute Gasteiger partial charge is 0.478 e. The van der Waals surface area contributed by atoms with E-state index in [1.54, 1.807) is 0 Å². The van der Waals surface area contributed by atoms with Crippen LogP contribution in [0.15, 0.2) is 77.9 Å². The first-order valence-corrected chi connectivity index (χ1v) is 10.8. The Kier molecular flexibility index (Phi) is 7.28. The monoisotopic (exact) mass is 572 g/mol. The summed E-state index contributed by atoms with van der Waals surface area (Å²) in [6, 6.07) is 6.60. The van der Waals surface area contributed by atoms with Crippen LogP contribution in [0.4, 0.5) is 35.1 Å². The number of carboxylic acids is 2. The Morgan fingerprint density at radius 1 is 0.675 bits per heavy atom. The zero-order valence-corrected chi connectivity index (χ0v) is 19.3. The number of halogens is 8. The topological polar surface area (TPSA) is 93.1 Å². The van der Waals surface area contributed by atoms with E-state index in [9.17, 15) is 31.5 Å². The zero-order valence-electron chi connectivity index (χ0n) is 19.3. The number of carbonyl (C=O) groups is 2. The van der Waals surface area contributed by atoms with E-state index in [0.717, 1.165) is 48.5 Å². The highest BCUT2D eigenvalue weighted by atomic mass is 19.2. The fourth-order valence-electron chi connectivity index (χ4n) is 3.83. The van der Waals surface area contributed by atoms with E-state index in [4.69, 9.17) is 19.7 Å². The second-order valence-electron chi connectivity index (χ2n) is 8.13. The molecular weight excluding hydrogens is 560 g/mol. The van der Waals surface area contributed by atoms with Gasteiger partial charge in [-0.3, -0.25) is 0 Å². The smallest absolute Gasteiger partial charge is 0.335 e. The van der Waals surface area contributed by atoms with Crippen molar-refractivity contribution in [3.05, 3.63) is 118 Å². The summed E-state index contributed by atoms with van der Waals surface area (Å²) in [5, 5.41) is 18.1. The lowest BCUT2D eigenvalue weighted by Crippen LogP contribution is -2.52. The second-order valence-corrected chi connectivity index (χ2v) is 8.13. The van der Waals surface area contributed by atoms with Crippen molar-refractivity contribution in [1.29, 1.82) is 0 Å². The van der Waals surface area contributed by atoms with Crippen molar-refractivity contribution >= 4 is 11.9 Å². The van der Waals surface area contributed by atoms with Crippen molar-refractivity contribution in [2.75, 3.05) is 0 Å². The zero-order chi connectivity index (χ0) is 29.5. The summed E-state index contributed by atoms with van der Waals surface area (Å²) in [5.74, 6) is -23.5. The number of rotatable bonds is 7. The lowest BCUT2D eigenvalue weighted by atomic mass is 9.81. The van der Waals surface area contributed by atoms with E-state index >= 15 is 13.2 Å². The van der Waals surface area contributed by atoms with Gasteiger partial charge in [0.1, 0.15) is 11.5 Å². The molecule has 2 atom stereocenters. The van der Waals surface area contributed by atoms with Gasteiger partial charge in [-0.1, -0.05) is 0 Å². The average molecular weight is 572 g/mol. The summed E-state index contributed by atoms with van der Waals surface area (Å²) in [5.41, 5.74) is -6.20. The van der Waals surface area contributed by atoms with Gasteiger partial charge in [0.15, 0.2) is 46.6 Å². The fraction of sp³-hybridized carbons (Fsp3) is 0.0769. The van der Waals surface area contributed by atoms with Crippen LogP contribution in [0.1, 0.15) is 26.3 Å². The average Bonchev–Trinajstić information content (AvgIpc) is 2.94. The van der Waals surface area contributed by atoms with Crippen molar-refractivity contribution < 1.29 is 64.4 Å². The predicted octanol–water partition coefficient (Wildman–Crippen LogP) is 6.68. The number of ether oxygens (including phenoxy) is 2. The van der Waals surface area contributed by atoms with E-state index in [2.05, 4.69) is 0 Å². The van der Waals surface area contributed by atoms with Crippen LogP contribution in [0.5, 0.6) is 11.5 Å². The van der Waals surface area contributed by atoms with Gasteiger partial charge in [-0.15, -0.1) is 0 Å². The first kappa shape index (κ1) is 28.1. The maximum absolute atomic E-state index is 15.7. The van der Waals surface area contributed by atoms with E-state index in [-0.39, 0.29) is 17.2 Å². The van der Waals surface area contributed by atoms with Crippen molar-refractivity contribution in [2.24, 2.45) is 0 Å². The lowest BCUT2D eigenvalue weighted by Gasteiger charge is -2.41. The maximum Gasteiger partial charge on any atom is 0.335 e. The SMILES string of the molecule is O=C(O)c1ccc(OC2C(F)=C(F)C(F)=C(F)C2(Oc2ccc(C(=O)O)cc2)c2cc(F)c(F)c(F)c2F)cc1. The Balaban J connectivity index is 2.01. The molecule has 2 N–H and O–H groups in total. The summed E-state index contributed by atoms with van der Waals surface area (Å²) in [6.07, 6.45) is -2.96. The number of allylic oxidation sites excluding steroid dienone is 2. The number of aromatic carboxylic acids is 2. The standard InChI is InChI=1S/C26H12F8O6/c27-15-9-14(16(28)18(30)17(15)29)26(40-13-7-3-11(4-8-13)25(37)38)22(34)20(32)19(31)21(33)23(26)39-12-5-1-10(2-6-12)24(35)36/h1-9,23H,(H,35,36)(H,37,38). The predicted molar refractivity (Wildman–Crippen MR) is 118 cm³/mol. The van der Waals surface area contributed by atoms with Gasteiger partial charge in [0, 0.05) is 5.56 Å². The number of benzene rings is 3. The van der Waals surface area contributed by atoms with Crippen LogP contribution in [0, 0.1) is 23.3 Å². The van der Waals surface area contributed by atoms with Gasteiger partial charge in [0.25, 0.3) is 0 Å². The van der Waals surface area contributed by atoms with Gasteiger partial charge >= 0.3 is 11.9 Å². The third kappa shape index (κ3) is 4.61. The molecule has 0 radical (unpaired) electrons. The van der Waals surface area contributed by atoms with Gasteiger partial charge in [-0.05, 0) is 54.6 Å². The summed E-state index contributed by atoms with van der Waals surface area (Å²) >= 11 is 0. The molecule has 0 bridgehead atoms. The minimum Gasteiger partial charge on any atom is -0.478 e. The van der Waals surface area contributed by atoms with Crippen LogP contribution in [-0.2, 0) is 5.60 Å². The van der Waals surface area contributed by atoms with Crippen molar-refractivity contribution in [1.82, 2.24) is 0 Å². The van der Waals surface area contributed by atoms with Crippen LogP contribution in [0.3, 0.4) is 0 Å². The van der Waals surface area contributed by atoms with Gasteiger partial charge in [0.05, 0.1) is 11.1 Å². The molecule has 4 rings (SSSR count). The molecule has 2 unspecified atom stereocenters. The molecule has 1 aliphatic rings. The molecule has 0 spiro atoms. The highest BCUT2D eigenvalue weighted by Gasteiger charge is 2.59. The Morgan fingerprint density at radius 3 is 1.68 bits per heavy atom. The van der Waals surface area contributed by atoms with Crippen LogP contribution < -0.4 is 9.47 Å². The van der Waals surface area contributed by atoms with Crippen molar-refractivity contribution in [3.8, 4) is 11.5 Å². The molecule has 0 heterocycles. The molecule has 3 aromatic carbocycles. The minimum absolute atomic E-state index is 0.188. The third-order valence-electron chi connectivity index (χ3n) is 5.76. The second kappa shape index (κ2) is 10.4. The Morgan fingerprint density at radius 2 is 1.18 bits per heavy atom. The maximum atomic E-state index is 15.7. The van der Waals surface area contributed by atoms with Gasteiger partial charge in [-0.25, -0.2) is 44.7 Å². The van der Waals surface area contributed by atoms with Crippen LogP contribution >= 0.6 is 0 Å². The molecular formula is C26H12F8O6. The molecule has 0 saturated carbocycles. The van der Waals surface area contributed by atoms with Crippen LogP contribution in [-0.4, -0.2) is 28.3 Å². The Labute approximate surface area is 218 Å². The molecule has 0 aromatic heterocycles. The van der Waals surface area contributed by atoms with E-state index in [1.165, 1.54) is 0 Å².